The monoisotopic (exact) mass is 339 g/mol. The van der Waals surface area contributed by atoms with Crippen LogP contribution in [0.3, 0.4) is 0 Å². The van der Waals surface area contributed by atoms with Gasteiger partial charge in [0.05, 0.1) is 18.1 Å². The molecule has 1 N–H and O–H groups in total. The molecule has 0 fully saturated rings. The van der Waals surface area contributed by atoms with Gasteiger partial charge in [0.15, 0.2) is 0 Å². The summed E-state index contributed by atoms with van der Waals surface area (Å²) in [6.45, 7) is 6.30. The first-order valence-electron chi connectivity index (χ1n) is 7.68. The van der Waals surface area contributed by atoms with Crippen molar-refractivity contribution >= 4 is 9.84 Å². The molecule has 7 nitrogen and oxygen atoms in total. The van der Waals surface area contributed by atoms with Gasteiger partial charge in [-0.25, -0.2) is 13.4 Å². The molecule has 0 aliphatic rings. The topological polar surface area (TPSA) is 83.9 Å². The Balaban J connectivity index is 2.10. The summed E-state index contributed by atoms with van der Waals surface area (Å²) in [6, 6.07) is 0. The lowest BCUT2D eigenvalue weighted by Gasteiger charge is -2.19. The maximum Gasteiger partial charge on any atom is 0.227 e. The molecule has 8 heteroatoms. The van der Waals surface area contributed by atoms with Gasteiger partial charge < -0.3 is 9.47 Å². The molecule has 2 heterocycles. The van der Waals surface area contributed by atoms with Crippen LogP contribution >= 0.6 is 0 Å². The molecule has 0 unspecified atom stereocenters. The van der Waals surface area contributed by atoms with Gasteiger partial charge in [-0.2, -0.15) is 5.10 Å². The van der Waals surface area contributed by atoms with Crippen LogP contribution < -0.4 is 0 Å². The number of likely N-dealkylation sites (N-methyl/N-ethyl adjacent to an activating group) is 1. The first kappa shape index (κ1) is 17.7. The van der Waals surface area contributed by atoms with Gasteiger partial charge in [0.1, 0.15) is 0 Å². The van der Waals surface area contributed by atoms with Crippen molar-refractivity contribution < 1.29 is 8.42 Å². The lowest BCUT2D eigenvalue weighted by molar-refractivity contribution is 0.315. The van der Waals surface area contributed by atoms with E-state index in [0.717, 1.165) is 24.2 Å². The van der Waals surface area contributed by atoms with Crippen LogP contribution in [0.4, 0.5) is 0 Å². The standard InChI is InChI=1S/C15H25N5O2S/c1-12(2)10-20-14(9-16-15(20)23(4,21)22)11-19(3)6-5-13-7-17-18-8-13/h7-9,12H,5-6,10-11H2,1-4H3,(H,17,18). The molecular formula is C15H25N5O2S. The van der Waals surface area contributed by atoms with Gasteiger partial charge in [0.25, 0.3) is 0 Å². The molecule has 23 heavy (non-hydrogen) atoms. The smallest absolute Gasteiger partial charge is 0.227 e. The average Bonchev–Trinajstić information content (AvgIpc) is 3.06. The van der Waals surface area contributed by atoms with E-state index in [1.54, 1.807) is 6.20 Å². The number of hydrogen-bond acceptors (Lipinski definition) is 5. The minimum atomic E-state index is -3.32. The van der Waals surface area contributed by atoms with Gasteiger partial charge >= 0.3 is 0 Å². The molecule has 0 aliphatic heterocycles. The molecular weight excluding hydrogens is 314 g/mol. The van der Waals surface area contributed by atoms with Gasteiger partial charge in [0.2, 0.25) is 15.0 Å². The molecule has 0 aromatic carbocycles. The summed E-state index contributed by atoms with van der Waals surface area (Å²) >= 11 is 0. The van der Waals surface area contributed by atoms with E-state index in [2.05, 4.69) is 33.9 Å². The third kappa shape index (κ3) is 4.90. The highest BCUT2D eigenvalue weighted by Gasteiger charge is 2.20. The summed E-state index contributed by atoms with van der Waals surface area (Å²) in [6.07, 6.45) is 7.48. The van der Waals surface area contributed by atoms with E-state index in [-0.39, 0.29) is 5.16 Å². The lowest BCUT2D eigenvalue weighted by Crippen LogP contribution is -2.24. The maximum atomic E-state index is 11.9. The number of sulfone groups is 1. The minimum Gasteiger partial charge on any atom is -0.317 e. The fourth-order valence-corrected chi connectivity index (χ4v) is 3.30. The van der Waals surface area contributed by atoms with Crippen LogP contribution in [-0.2, 0) is 29.3 Å². The zero-order valence-corrected chi connectivity index (χ0v) is 15.0. The second-order valence-corrected chi connectivity index (χ2v) is 8.31. The van der Waals surface area contributed by atoms with Crippen LogP contribution in [0.1, 0.15) is 25.1 Å². The van der Waals surface area contributed by atoms with Crippen LogP contribution in [0.2, 0.25) is 0 Å². The number of aromatic nitrogens is 4. The van der Waals surface area contributed by atoms with E-state index in [0.29, 0.717) is 19.0 Å². The van der Waals surface area contributed by atoms with E-state index in [1.165, 1.54) is 6.26 Å². The summed E-state index contributed by atoms with van der Waals surface area (Å²) in [5.41, 5.74) is 2.08. The molecule has 128 valence electrons. The van der Waals surface area contributed by atoms with Crippen LogP contribution in [0.25, 0.3) is 0 Å². The Morgan fingerprint density at radius 1 is 1.35 bits per heavy atom. The van der Waals surface area contributed by atoms with E-state index in [9.17, 15) is 8.42 Å². The molecule has 0 aliphatic carbocycles. The number of nitrogens with zero attached hydrogens (tertiary/aromatic N) is 4. The Morgan fingerprint density at radius 2 is 2.09 bits per heavy atom. The lowest BCUT2D eigenvalue weighted by atomic mass is 10.2. The summed E-state index contributed by atoms with van der Waals surface area (Å²) in [7, 11) is -1.30. The Bertz CT molecular complexity index is 719. The van der Waals surface area contributed by atoms with E-state index < -0.39 is 9.84 Å². The highest BCUT2D eigenvalue weighted by Crippen LogP contribution is 2.15. The van der Waals surface area contributed by atoms with Crippen LogP contribution in [0, 0.1) is 5.92 Å². The molecule has 0 radical (unpaired) electrons. The third-order valence-electron chi connectivity index (χ3n) is 3.55. The largest absolute Gasteiger partial charge is 0.317 e. The van der Waals surface area contributed by atoms with Crippen molar-refractivity contribution in [2.45, 2.75) is 38.5 Å². The summed E-state index contributed by atoms with van der Waals surface area (Å²) in [5, 5.41) is 6.90. The second-order valence-electron chi connectivity index (χ2n) is 6.40. The Hall–Kier alpha value is -1.67. The van der Waals surface area contributed by atoms with Crippen molar-refractivity contribution in [3.63, 3.8) is 0 Å². The fourth-order valence-electron chi connectivity index (χ4n) is 2.46. The van der Waals surface area contributed by atoms with E-state index >= 15 is 0 Å². The van der Waals surface area contributed by atoms with E-state index in [4.69, 9.17) is 0 Å². The normalized spacial score (nSPS) is 12.4. The Labute approximate surface area is 137 Å². The van der Waals surface area contributed by atoms with Gasteiger partial charge in [-0.05, 0) is 24.9 Å². The highest BCUT2D eigenvalue weighted by atomic mass is 32.2. The SMILES string of the molecule is CC(C)Cn1c(CN(C)CCc2cn[nH]c2)cnc1S(C)(=O)=O. The number of nitrogens with one attached hydrogen (secondary N) is 1. The first-order valence-corrected chi connectivity index (χ1v) is 9.57. The zero-order valence-electron chi connectivity index (χ0n) is 14.2. The molecule has 0 saturated carbocycles. The number of aromatic amines is 1. The quantitative estimate of drug-likeness (QED) is 0.784. The highest BCUT2D eigenvalue weighted by molar-refractivity contribution is 7.90. The number of hydrogen-bond donors (Lipinski definition) is 1. The van der Waals surface area contributed by atoms with Crippen molar-refractivity contribution in [1.29, 1.82) is 0 Å². The average molecular weight is 339 g/mol. The molecule has 0 saturated heterocycles. The number of H-pyrrole nitrogens is 1. The summed E-state index contributed by atoms with van der Waals surface area (Å²) < 4.78 is 25.6. The van der Waals surface area contributed by atoms with Gasteiger partial charge in [0, 0.05) is 32.1 Å². The molecule has 0 amide bonds. The first-order chi connectivity index (χ1) is 10.8. The zero-order chi connectivity index (χ0) is 17.0. The second kappa shape index (κ2) is 7.27. The van der Waals surface area contributed by atoms with Crippen molar-refractivity contribution in [3.8, 4) is 0 Å². The van der Waals surface area contributed by atoms with Gasteiger partial charge in [-0.3, -0.25) is 5.10 Å². The van der Waals surface area contributed by atoms with Crippen LogP contribution in [0.5, 0.6) is 0 Å². The molecule has 0 bridgehead atoms. The van der Waals surface area contributed by atoms with E-state index in [1.807, 2.05) is 24.0 Å². The van der Waals surface area contributed by atoms with Crippen LogP contribution in [0.15, 0.2) is 23.7 Å². The fraction of sp³-hybridized carbons (Fsp3) is 0.600. The third-order valence-corrected chi connectivity index (χ3v) is 4.54. The molecule has 0 atom stereocenters. The molecule has 0 spiro atoms. The summed E-state index contributed by atoms with van der Waals surface area (Å²) in [5.74, 6) is 0.347. The Kier molecular flexibility index (Phi) is 5.59. The van der Waals surface area contributed by atoms with Gasteiger partial charge in [-0.15, -0.1) is 0 Å². The van der Waals surface area contributed by atoms with Crippen molar-refractivity contribution in [2.24, 2.45) is 5.92 Å². The van der Waals surface area contributed by atoms with Crippen molar-refractivity contribution in [2.75, 3.05) is 19.8 Å². The summed E-state index contributed by atoms with van der Waals surface area (Å²) in [4.78, 5) is 6.30. The predicted octanol–water partition coefficient (Wildman–Crippen LogP) is 1.34. The predicted molar refractivity (Wildman–Crippen MR) is 88.8 cm³/mol. The molecule has 2 aromatic rings. The maximum absolute atomic E-state index is 11.9. The van der Waals surface area contributed by atoms with Gasteiger partial charge in [-0.1, -0.05) is 13.8 Å². The minimum absolute atomic E-state index is 0.157. The Morgan fingerprint density at radius 3 is 2.65 bits per heavy atom. The number of rotatable bonds is 8. The van der Waals surface area contributed by atoms with Crippen LogP contribution in [-0.4, -0.2) is 52.9 Å². The molecule has 2 aromatic heterocycles. The number of imidazole rings is 1. The van der Waals surface area contributed by atoms with Crippen molar-refractivity contribution in [3.05, 3.63) is 29.8 Å². The molecule has 2 rings (SSSR count). The van der Waals surface area contributed by atoms with Crippen molar-refractivity contribution in [1.82, 2.24) is 24.6 Å².